The normalized spacial score (nSPS) is 14.9. The van der Waals surface area contributed by atoms with Crippen LogP contribution in [0.5, 0.6) is 0 Å². The van der Waals surface area contributed by atoms with Crippen molar-refractivity contribution in [3.8, 4) is 22.6 Å². The summed E-state index contributed by atoms with van der Waals surface area (Å²) < 4.78 is 14.6. The zero-order valence-electron chi connectivity index (χ0n) is 23.7. The van der Waals surface area contributed by atoms with Gasteiger partial charge in [0, 0.05) is 34.1 Å². The number of pyridine rings is 2. The van der Waals surface area contributed by atoms with Crippen molar-refractivity contribution >= 4 is 27.5 Å². The molecular formula is C34H34FN7. The van der Waals surface area contributed by atoms with E-state index in [9.17, 15) is 4.39 Å². The van der Waals surface area contributed by atoms with Gasteiger partial charge in [0.05, 0.1) is 22.6 Å². The molecular weight excluding hydrogens is 525 g/mol. The summed E-state index contributed by atoms with van der Waals surface area (Å²) in [5.41, 5.74) is 8.50. The van der Waals surface area contributed by atoms with Crippen LogP contribution in [0, 0.1) is 11.7 Å². The molecule has 42 heavy (non-hydrogen) atoms. The number of allylic oxidation sites excluding steroid dienone is 5. The number of aromatic nitrogens is 5. The molecule has 8 heteroatoms. The van der Waals surface area contributed by atoms with E-state index in [1.165, 1.54) is 18.9 Å². The molecule has 5 aromatic rings. The van der Waals surface area contributed by atoms with Gasteiger partial charge in [0.25, 0.3) is 0 Å². The molecule has 1 fully saturated rings. The highest BCUT2D eigenvalue weighted by molar-refractivity contribution is 5.99. The maximum absolute atomic E-state index is 14.6. The first-order chi connectivity index (χ1) is 20.5. The highest BCUT2D eigenvalue weighted by Gasteiger charge is 2.18. The predicted octanol–water partition coefficient (Wildman–Crippen LogP) is 7.27. The van der Waals surface area contributed by atoms with Gasteiger partial charge in [0.1, 0.15) is 17.0 Å². The van der Waals surface area contributed by atoms with Gasteiger partial charge in [-0.3, -0.25) is 10.1 Å². The molecule has 7 nitrogen and oxygen atoms in total. The van der Waals surface area contributed by atoms with Crippen LogP contribution in [0.4, 0.5) is 4.39 Å². The van der Waals surface area contributed by atoms with E-state index >= 15 is 0 Å². The highest BCUT2D eigenvalue weighted by atomic mass is 19.1. The van der Waals surface area contributed by atoms with Gasteiger partial charge in [-0.05, 0) is 99.3 Å². The number of hydrogen-bond donors (Lipinski definition) is 4. The minimum atomic E-state index is -0.313. The number of halogens is 1. The van der Waals surface area contributed by atoms with Gasteiger partial charge in [-0.1, -0.05) is 31.4 Å². The number of hydrogen-bond acceptors (Lipinski definition) is 5. The number of H-pyrrole nitrogens is 2. The van der Waals surface area contributed by atoms with Crippen molar-refractivity contribution in [2.45, 2.75) is 26.2 Å². The van der Waals surface area contributed by atoms with E-state index in [1.807, 2.05) is 55.5 Å². The van der Waals surface area contributed by atoms with Crippen LogP contribution in [0.25, 0.3) is 50.2 Å². The van der Waals surface area contributed by atoms with E-state index in [0.29, 0.717) is 22.9 Å². The minimum Gasteiger partial charge on any atom is -0.359 e. The summed E-state index contributed by atoms with van der Waals surface area (Å²) in [5, 5.41) is 15.4. The lowest BCUT2D eigenvalue weighted by Gasteiger charge is -2.24. The Kier molecular flexibility index (Phi) is 7.79. The van der Waals surface area contributed by atoms with E-state index in [4.69, 9.17) is 4.98 Å². The molecule has 0 aliphatic carbocycles. The summed E-state index contributed by atoms with van der Waals surface area (Å²) in [6.07, 6.45) is 10.8. The summed E-state index contributed by atoms with van der Waals surface area (Å²) in [5.74, 6) is 0.331. The van der Waals surface area contributed by atoms with Crippen molar-refractivity contribution in [3.05, 3.63) is 109 Å². The second-order valence-corrected chi connectivity index (χ2v) is 10.6. The van der Waals surface area contributed by atoms with Crippen LogP contribution >= 0.6 is 0 Å². The van der Waals surface area contributed by atoms with E-state index in [-0.39, 0.29) is 5.82 Å². The molecule has 5 heterocycles. The third-order valence-electron chi connectivity index (χ3n) is 7.79. The monoisotopic (exact) mass is 559 g/mol. The van der Waals surface area contributed by atoms with Gasteiger partial charge in [-0.2, -0.15) is 5.10 Å². The molecule has 212 valence electrons. The van der Waals surface area contributed by atoms with E-state index < -0.39 is 0 Å². The van der Waals surface area contributed by atoms with Crippen molar-refractivity contribution in [1.29, 1.82) is 0 Å². The zero-order valence-corrected chi connectivity index (χ0v) is 23.7. The molecule has 1 aromatic carbocycles. The van der Waals surface area contributed by atoms with Crippen molar-refractivity contribution < 1.29 is 4.39 Å². The smallest absolute Gasteiger partial charge is 0.135 e. The fourth-order valence-corrected chi connectivity index (χ4v) is 5.60. The number of fused-ring (bicyclic) bond motifs is 2. The Balaban J connectivity index is 1.31. The van der Waals surface area contributed by atoms with E-state index in [1.54, 1.807) is 18.3 Å². The molecule has 1 aliphatic heterocycles. The lowest BCUT2D eigenvalue weighted by atomic mass is 9.93. The molecule has 0 radical (unpaired) electrons. The molecule has 0 amide bonds. The zero-order chi connectivity index (χ0) is 29.1. The first-order valence-corrected chi connectivity index (χ1v) is 14.3. The average Bonchev–Trinajstić information content (AvgIpc) is 3.64. The second kappa shape index (κ2) is 12.0. The molecule has 0 unspecified atom stereocenters. The number of rotatable bonds is 9. The van der Waals surface area contributed by atoms with Crippen molar-refractivity contribution in [2.75, 3.05) is 13.1 Å². The molecule has 4 aromatic heterocycles. The molecule has 1 saturated heterocycles. The van der Waals surface area contributed by atoms with Crippen LogP contribution < -0.4 is 10.6 Å². The maximum atomic E-state index is 14.6. The number of aromatic amines is 2. The Bertz CT molecular complexity index is 1840. The average molecular weight is 560 g/mol. The van der Waals surface area contributed by atoms with Gasteiger partial charge < -0.3 is 15.6 Å². The van der Waals surface area contributed by atoms with Gasteiger partial charge >= 0.3 is 0 Å². The number of benzene rings is 1. The van der Waals surface area contributed by atoms with Gasteiger partial charge in [-0.15, -0.1) is 0 Å². The Morgan fingerprint density at radius 3 is 2.71 bits per heavy atom. The fraction of sp³-hybridized carbons (Fsp3) is 0.206. The Morgan fingerprint density at radius 2 is 1.93 bits per heavy atom. The third-order valence-corrected chi connectivity index (χ3v) is 7.79. The quantitative estimate of drug-likeness (QED) is 0.143. The van der Waals surface area contributed by atoms with Crippen LogP contribution in [-0.4, -0.2) is 38.2 Å². The summed E-state index contributed by atoms with van der Waals surface area (Å²) in [4.78, 5) is 12.9. The summed E-state index contributed by atoms with van der Waals surface area (Å²) in [7, 11) is 0. The van der Waals surface area contributed by atoms with E-state index in [2.05, 4.69) is 44.0 Å². The molecule has 0 saturated carbocycles. The van der Waals surface area contributed by atoms with Crippen LogP contribution in [0.15, 0.2) is 97.5 Å². The largest absolute Gasteiger partial charge is 0.359 e. The maximum Gasteiger partial charge on any atom is 0.135 e. The first-order valence-electron chi connectivity index (χ1n) is 14.3. The molecule has 0 spiro atoms. The SMILES string of the molecule is C=C/C(=C\C(=C/C)c1ccc2[nH]nc(-c3cc4c(-c5ccccc5F)nccc4[nH]3)c2n1)NC(=C)CC1CCNCC1. The van der Waals surface area contributed by atoms with Crippen LogP contribution in [-0.2, 0) is 0 Å². The van der Waals surface area contributed by atoms with E-state index in [0.717, 1.165) is 69.8 Å². The Morgan fingerprint density at radius 1 is 1.10 bits per heavy atom. The topological polar surface area (TPSA) is 94.3 Å². The predicted molar refractivity (Wildman–Crippen MR) is 169 cm³/mol. The summed E-state index contributed by atoms with van der Waals surface area (Å²) in [6, 6.07) is 14.5. The fourth-order valence-electron chi connectivity index (χ4n) is 5.60. The highest BCUT2D eigenvalue weighted by Crippen LogP contribution is 2.33. The number of nitrogens with one attached hydrogen (secondary N) is 4. The van der Waals surface area contributed by atoms with Crippen LogP contribution in [0.3, 0.4) is 0 Å². The van der Waals surface area contributed by atoms with Crippen molar-refractivity contribution in [1.82, 2.24) is 35.8 Å². The molecule has 0 atom stereocenters. The second-order valence-electron chi connectivity index (χ2n) is 10.6. The Labute approximate surface area is 244 Å². The van der Waals surface area contributed by atoms with Gasteiger partial charge in [-0.25, -0.2) is 9.37 Å². The van der Waals surface area contributed by atoms with Crippen molar-refractivity contribution in [3.63, 3.8) is 0 Å². The molecule has 0 bridgehead atoms. The first kappa shape index (κ1) is 27.4. The summed E-state index contributed by atoms with van der Waals surface area (Å²) >= 11 is 0. The van der Waals surface area contributed by atoms with Gasteiger partial charge in [0.2, 0.25) is 0 Å². The standard InChI is InChI=1S/C34H34FN7/c1-4-23(19-24(5-2)38-21(3)18-22-12-15-36-16-13-22)28-10-11-30-33(40-28)34(42-41-30)31-20-26-29(39-31)14-17-37-32(26)25-8-6-7-9-27(25)35/h4-11,14,17,19-20,22,36,38-39H,2-3,12-13,15-16,18H2,1H3,(H,41,42)/b23-4+,24-19+. The van der Waals surface area contributed by atoms with Crippen LogP contribution in [0.1, 0.15) is 31.9 Å². The summed E-state index contributed by atoms with van der Waals surface area (Å²) in [6.45, 7) is 12.4. The van der Waals surface area contributed by atoms with Gasteiger partial charge in [0.15, 0.2) is 0 Å². The van der Waals surface area contributed by atoms with Crippen molar-refractivity contribution in [2.24, 2.45) is 5.92 Å². The minimum absolute atomic E-state index is 0.313. The Hall–Kier alpha value is -4.82. The van der Waals surface area contributed by atoms with Crippen LogP contribution in [0.2, 0.25) is 0 Å². The third kappa shape index (κ3) is 5.53. The lowest BCUT2D eigenvalue weighted by Crippen LogP contribution is -2.28. The molecule has 4 N–H and O–H groups in total. The molecule has 6 rings (SSSR count). The number of nitrogens with zero attached hydrogens (tertiary/aromatic N) is 3. The number of piperidine rings is 1. The lowest BCUT2D eigenvalue weighted by molar-refractivity contribution is 0.368. The molecule has 1 aliphatic rings.